The van der Waals surface area contributed by atoms with Gasteiger partial charge in [-0.1, -0.05) is 27.7 Å². The molecule has 76 valence electrons. The molecule has 0 amide bonds. The van der Waals surface area contributed by atoms with Crippen LogP contribution in [0.3, 0.4) is 0 Å². The van der Waals surface area contributed by atoms with Gasteiger partial charge in [-0.2, -0.15) is 0 Å². The van der Waals surface area contributed by atoms with Crippen LogP contribution in [0, 0.1) is 11.8 Å². The molecule has 0 rings (SSSR count). The summed E-state index contributed by atoms with van der Waals surface area (Å²) in [6.07, 6.45) is 1.86. The Morgan fingerprint density at radius 2 is 1.69 bits per heavy atom. The van der Waals surface area contributed by atoms with Gasteiger partial charge in [0.25, 0.3) is 0 Å². The van der Waals surface area contributed by atoms with Crippen LogP contribution in [0.1, 0.15) is 34.6 Å². The van der Waals surface area contributed by atoms with Gasteiger partial charge >= 0.3 is 0 Å². The fraction of sp³-hybridized carbons (Fsp3) is 0.727. The second-order valence-corrected chi connectivity index (χ2v) is 3.75. The van der Waals surface area contributed by atoms with Crippen LogP contribution in [-0.4, -0.2) is 13.3 Å². The number of aliphatic imine (C=N–C) groups is 1. The molecule has 0 fully saturated rings. The van der Waals surface area contributed by atoms with E-state index in [4.69, 9.17) is 0 Å². The van der Waals surface area contributed by atoms with Crippen molar-refractivity contribution in [3.63, 3.8) is 0 Å². The van der Waals surface area contributed by atoms with Crippen LogP contribution in [0.5, 0.6) is 0 Å². The van der Waals surface area contributed by atoms with E-state index in [1.165, 1.54) is 11.4 Å². The maximum absolute atomic E-state index is 4.41. The van der Waals surface area contributed by atoms with Crippen molar-refractivity contribution < 1.29 is 0 Å². The first kappa shape index (κ1) is 12.2. The Labute approximate surface area is 82.1 Å². The highest BCUT2D eigenvalue weighted by Gasteiger charge is 2.11. The van der Waals surface area contributed by atoms with Crippen molar-refractivity contribution in [2.75, 3.05) is 7.05 Å². The normalized spacial score (nSPS) is 14.2. The van der Waals surface area contributed by atoms with Gasteiger partial charge in [0, 0.05) is 19.0 Å². The van der Waals surface area contributed by atoms with Gasteiger partial charge in [-0.05, 0) is 18.8 Å². The smallest absolute Gasteiger partial charge is 0.0616 e. The largest absolute Gasteiger partial charge is 0.390 e. The quantitative estimate of drug-likeness (QED) is 0.664. The lowest BCUT2D eigenvalue weighted by Gasteiger charge is -2.17. The van der Waals surface area contributed by atoms with Crippen molar-refractivity contribution in [3.05, 3.63) is 11.4 Å². The Morgan fingerprint density at radius 3 is 1.92 bits per heavy atom. The second kappa shape index (κ2) is 5.79. The predicted molar refractivity (Wildman–Crippen MR) is 59.9 cm³/mol. The molecule has 0 saturated carbocycles. The Morgan fingerprint density at radius 1 is 1.15 bits per heavy atom. The molecule has 0 aliphatic rings. The van der Waals surface area contributed by atoms with Crippen molar-refractivity contribution in [3.8, 4) is 0 Å². The summed E-state index contributed by atoms with van der Waals surface area (Å²) in [5.74, 6) is 0.979. The van der Waals surface area contributed by atoms with Crippen LogP contribution < -0.4 is 5.32 Å². The van der Waals surface area contributed by atoms with Crippen LogP contribution in [0.15, 0.2) is 16.4 Å². The van der Waals surface area contributed by atoms with E-state index in [9.17, 15) is 0 Å². The lowest BCUT2D eigenvalue weighted by atomic mass is 10.0. The Hall–Kier alpha value is -0.790. The number of rotatable bonds is 4. The summed E-state index contributed by atoms with van der Waals surface area (Å²) < 4.78 is 0. The first-order chi connectivity index (χ1) is 6.04. The van der Waals surface area contributed by atoms with Crippen molar-refractivity contribution in [1.29, 1.82) is 0 Å². The molecule has 0 atom stereocenters. The summed E-state index contributed by atoms with van der Waals surface area (Å²) in [4.78, 5) is 4.41. The first-order valence-electron chi connectivity index (χ1n) is 4.95. The minimum absolute atomic E-state index is 0.473. The molecule has 0 spiro atoms. The molecule has 0 heterocycles. The number of nitrogens with one attached hydrogen (secondary N) is 1. The van der Waals surface area contributed by atoms with Gasteiger partial charge in [0.1, 0.15) is 0 Å². The molecule has 0 bridgehead atoms. The average molecular weight is 182 g/mol. The Kier molecular flexibility index (Phi) is 5.44. The summed E-state index contributed by atoms with van der Waals surface area (Å²) in [5.41, 5.74) is 2.41. The van der Waals surface area contributed by atoms with Crippen molar-refractivity contribution in [2.45, 2.75) is 34.6 Å². The topological polar surface area (TPSA) is 24.4 Å². The number of nitrogens with zero attached hydrogens (tertiary/aromatic N) is 1. The molecule has 0 saturated heterocycles. The summed E-state index contributed by atoms with van der Waals surface area (Å²) >= 11 is 0. The molecule has 0 radical (unpaired) electrons. The maximum Gasteiger partial charge on any atom is 0.0616 e. The van der Waals surface area contributed by atoms with Gasteiger partial charge in [0.05, 0.1) is 5.70 Å². The molecule has 0 aliphatic heterocycles. The number of hydrogen-bond acceptors (Lipinski definition) is 2. The maximum atomic E-state index is 4.41. The molecule has 0 aromatic carbocycles. The van der Waals surface area contributed by atoms with E-state index in [-0.39, 0.29) is 0 Å². The number of hydrogen-bond donors (Lipinski definition) is 1. The van der Waals surface area contributed by atoms with Crippen LogP contribution >= 0.6 is 0 Å². The molecule has 1 N–H and O–H groups in total. The Bertz CT molecular complexity index is 200. The lowest BCUT2D eigenvalue weighted by molar-refractivity contribution is 0.637. The Balaban J connectivity index is 5.00. The average Bonchev–Trinajstić information content (AvgIpc) is 2.03. The van der Waals surface area contributed by atoms with Gasteiger partial charge in [-0.25, -0.2) is 0 Å². The van der Waals surface area contributed by atoms with Gasteiger partial charge in [0.15, 0.2) is 0 Å². The molecule has 0 aliphatic carbocycles. The van der Waals surface area contributed by atoms with Crippen molar-refractivity contribution in [1.82, 2.24) is 5.32 Å². The predicted octanol–water partition coefficient (Wildman–Crippen LogP) is 2.82. The van der Waals surface area contributed by atoms with E-state index in [0.29, 0.717) is 11.8 Å². The highest BCUT2D eigenvalue weighted by molar-refractivity contribution is 5.55. The standard InChI is InChI=1S/C11H22N2/c1-7-13-11(9(4)5)10(12-6)8(2)3/h7-9,12H,1-6H3/b11-10-,13-7?. The van der Waals surface area contributed by atoms with Crippen molar-refractivity contribution >= 4 is 6.21 Å². The first-order valence-corrected chi connectivity index (χ1v) is 4.95. The van der Waals surface area contributed by atoms with Gasteiger partial charge in [-0.15, -0.1) is 0 Å². The molecule has 2 nitrogen and oxygen atoms in total. The fourth-order valence-corrected chi connectivity index (χ4v) is 1.38. The summed E-state index contributed by atoms with van der Waals surface area (Å²) in [6.45, 7) is 10.7. The molecular formula is C11H22N2. The fourth-order valence-electron chi connectivity index (χ4n) is 1.38. The molecular weight excluding hydrogens is 160 g/mol. The van der Waals surface area contributed by atoms with E-state index < -0.39 is 0 Å². The minimum Gasteiger partial charge on any atom is -0.390 e. The highest BCUT2D eigenvalue weighted by Crippen LogP contribution is 2.19. The summed E-state index contributed by atoms with van der Waals surface area (Å²) in [7, 11) is 1.96. The molecule has 0 aromatic heterocycles. The number of allylic oxidation sites excluding steroid dienone is 2. The van der Waals surface area contributed by atoms with E-state index in [2.05, 4.69) is 38.0 Å². The SMILES string of the molecule is CC=N/C(=C(\NC)C(C)C)C(C)C. The second-order valence-electron chi connectivity index (χ2n) is 3.75. The molecule has 0 aromatic rings. The lowest BCUT2D eigenvalue weighted by Crippen LogP contribution is -2.16. The highest BCUT2D eigenvalue weighted by atomic mass is 14.9. The molecule has 13 heavy (non-hydrogen) atoms. The van der Waals surface area contributed by atoms with E-state index in [1.54, 1.807) is 0 Å². The summed E-state index contributed by atoms with van der Waals surface area (Å²) in [6, 6.07) is 0. The third-order valence-electron chi connectivity index (χ3n) is 1.94. The zero-order valence-electron chi connectivity index (χ0n) is 9.68. The van der Waals surface area contributed by atoms with Crippen LogP contribution in [-0.2, 0) is 0 Å². The van der Waals surface area contributed by atoms with Crippen LogP contribution in [0.2, 0.25) is 0 Å². The molecule has 2 heteroatoms. The van der Waals surface area contributed by atoms with E-state index >= 15 is 0 Å². The van der Waals surface area contributed by atoms with Gasteiger partial charge < -0.3 is 5.32 Å². The van der Waals surface area contributed by atoms with Gasteiger partial charge in [-0.3, -0.25) is 4.99 Å². The van der Waals surface area contributed by atoms with Crippen molar-refractivity contribution in [2.24, 2.45) is 16.8 Å². The van der Waals surface area contributed by atoms with E-state index in [1.807, 2.05) is 20.2 Å². The monoisotopic (exact) mass is 182 g/mol. The minimum atomic E-state index is 0.473. The van der Waals surface area contributed by atoms with E-state index in [0.717, 1.165) is 0 Å². The van der Waals surface area contributed by atoms with Crippen LogP contribution in [0.4, 0.5) is 0 Å². The molecule has 0 unspecified atom stereocenters. The van der Waals surface area contributed by atoms with Gasteiger partial charge in [0.2, 0.25) is 0 Å². The zero-order valence-corrected chi connectivity index (χ0v) is 9.68. The zero-order chi connectivity index (χ0) is 10.4. The third-order valence-corrected chi connectivity index (χ3v) is 1.94. The summed E-state index contributed by atoms with van der Waals surface area (Å²) in [5, 5.41) is 3.23. The third kappa shape index (κ3) is 3.62. The van der Waals surface area contributed by atoms with Crippen LogP contribution in [0.25, 0.3) is 0 Å².